The van der Waals surface area contributed by atoms with E-state index in [9.17, 15) is 9.59 Å². The third kappa shape index (κ3) is 4.57. The molecule has 0 saturated carbocycles. The standard InChI is InChI=1S/C23H24N4O4S/c1-14-6-4-5-7-17(14)27-13-16(12-21(27)29)22-25-26-23(32-22)24-20(28)11-15-8-9-18(30-2)19(10-15)31-3/h4-10,16H,11-13H2,1-3H3,(H,24,26,28). The maximum absolute atomic E-state index is 12.6. The van der Waals surface area contributed by atoms with Crippen LogP contribution in [-0.4, -0.2) is 42.8 Å². The molecule has 166 valence electrons. The van der Waals surface area contributed by atoms with Crippen molar-refractivity contribution in [2.45, 2.75) is 25.7 Å². The number of hydrogen-bond donors (Lipinski definition) is 1. The maximum Gasteiger partial charge on any atom is 0.230 e. The highest BCUT2D eigenvalue weighted by Gasteiger charge is 2.34. The molecular formula is C23H24N4O4S. The van der Waals surface area contributed by atoms with E-state index in [0.29, 0.717) is 29.6 Å². The summed E-state index contributed by atoms with van der Waals surface area (Å²) in [5.74, 6) is 0.995. The van der Waals surface area contributed by atoms with Gasteiger partial charge in [-0.15, -0.1) is 10.2 Å². The van der Waals surface area contributed by atoms with E-state index in [1.54, 1.807) is 31.3 Å². The third-order valence-electron chi connectivity index (χ3n) is 5.38. The lowest BCUT2D eigenvalue weighted by Crippen LogP contribution is -2.25. The average molecular weight is 453 g/mol. The van der Waals surface area contributed by atoms with Gasteiger partial charge in [-0.25, -0.2) is 0 Å². The van der Waals surface area contributed by atoms with Crippen molar-refractivity contribution in [3.63, 3.8) is 0 Å². The molecule has 2 aromatic carbocycles. The Balaban J connectivity index is 1.39. The van der Waals surface area contributed by atoms with Crippen molar-refractivity contribution in [1.29, 1.82) is 0 Å². The molecule has 1 aliphatic rings. The first-order valence-electron chi connectivity index (χ1n) is 10.2. The van der Waals surface area contributed by atoms with E-state index >= 15 is 0 Å². The van der Waals surface area contributed by atoms with Gasteiger partial charge in [-0.3, -0.25) is 9.59 Å². The molecule has 1 N–H and O–H groups in total. The van der Waals surface area contributed by atoms with Gasteiger partial charge in [-0.1, -0.05) is 35.6 Å². The number of nitrogens with one attached hydrogen (secondary N) is 1. The topological polar surface area (TPSA) is 93.7 Å². The van der Waals surface area contributed by atoms with Gasteiger partial charge < -0.3 is 19.7 Å². The monoisotopic (exact) mass is 452 g/mol. The van der Waals surface area contributed by atoms with Gasteiger partial charge in [0.05, 0.1) is 20.6 Å². The van der Waals surface area contributed by atoms with Crippen LogP contribution < -0.4 is 19.7 Å². The van der Waals surface area contributed by atoms with Gasteiger partial charge >= 0.3 is 0 Å². The third-order valence-corrected chi connectivity index (χ3v) is 6.38. The first kappa shape index (κ1) is 21.8. The number of carbonyl (C=O) groups is 2. The minimum absolute atomic E-state index is 0.0453. The van der Waals surface area contributed by atoms with Crippen LogP contribution in [0.1, 0.15) is 28.5 Å². The Kier molecular flexibility index (Phi) is 6.36. The maximum atomic E-state index is 12.6. The van der Waals surface area contributed by atoms with Crippen molar-refractivity contribution < 1.29 is 19.1 Å². The lowest BCUT2D eigenvalue weighted by molar-refractivity contribution is -0.117. The Hall–Kier alpha value is -3.46. The smallest absolute Gasteiger partial charge is 0.230 e. The van der Waals surface area contributed by atoms with Crippen LogP contribution in [0.5, 0.6) is 11.5 Å². The van der Waals surface area contributed by atoms with Gasteiger partial charge in [0.2, 0.25) is 16.9 Å². The summed E-state index contributed by atoms with van der Waals surface area (Å²) in [6, 6.07) is 13.2. The average Bonchev–Trinajstić information content (AvgIpc) is 3.40. The molecule has 2 amide bonds. The van der Waals surface area contributed by atoms with Crippen LogP contribution in [0.15, 0.2) is 42.5 Å². The quantitative estimate of drug-likeness (QED) is 0.589. The lowest BCUT2D eigenvalue weighted by Gasteiger charge is -2.18. The predicted octanol–water partition coefficient (Wildman–Crippen LogP) is 3.57. The number of nitrogens with zero attached hydrogens (tertiary/aromatic N) is 3. The molecule has 9 heteroatoms. The van der Waals surface area contributed by atoms with E-state index in [-0.39, 0.29) is 24.2 Å². The van der Waals surface area contributed by atoms with Gasteiger partial charge in [0.15, 0.2) is 11.5 Å². The zero-order valence-corrected chi connectivity index (χ0v) is 18.9. The second kappa shape index (κ2) is 9.35. The van der Waals surface area contributed by atoms with Crippen molar-refractivity contribution in [3.05, 3.63) is 58.6 Å². The number of para-hydroxylation sites is 1. The molecule has 1 aliphatic heterocycles. The second-order valence-electron chi connectivity index (χ2n) is 7.55. The molecule has 1 atom stereocenters. The van der Waals surface area contributed by atoms with Gasteiger partial charge in [-0.2, -0.15) is 0 Å². The predicted molar refractivity (Wildman–Crippen MR) is 123 cm³/mol. The van der Waals surface area contributed by atoms with E-state index in [0.717, 1.165) is 21.8 Å². The van der Waals surface area contributed by atoms with Gasteiger partial charge in [0.1, 0.15) is 5.01 Å². The molecule has 4 rings (SSSR count). The van der Waals surface area contributed by atoms with E-state index in [2.05, 4.69) is 15.5 Å². The SMILES string of the molecule is COc1ccc(CC(=O)Nc2nnc(C3CC(=O)N(c4ccccc4C)C3)s2)cc1OC. The molecule has 32 heavy (non-hydrogen) atoms. The Labute approximate surface area is 190 Å². The Morgan fingerprint density at radius 1 is 1.16 bits per heavy atom. The summed E-state index contributed by atoms with van der Waals surface area (Å²) < 4.78 is 10.5. The van der Waals surface area contributed by atoms with E-state index in [4.69, 9.17) is 9.47 Å². The van der Waals surface area contributed by atoms with E-state index in [1.807, 2.05) is 37.3 Å². The number of methoxy groups -OCH3 is 2. The molecule has 1 saturated heterocycles. The van der Waals surface area contributed by atoms with Crippen molar-refractivity contribution in [1.82, 2.24) is 10.2 Å². The second-order valence-corrected chi connectivity index (χ2v) is 8.56. The van der Waals surface area contributed by atoms with Crippen LogP contribution in [-0.2, 0) is 16.0 Å². The summed E-state index contributed by atoms with van der Waals surface area (Å²) in [6.07, 6.45) is 0.542. The lowest BCUT2D eigenvalue weighted by atomic mass is 10.1. The fraction of sp³-hybridized carbons (Fsp3) is 0.304. The molecule has 0 spiro atoms. The van der Waals surface area contributed by atoms with Gasteiger partial charge in [0, 0.05) is 24.6 Å². The van der Waals surface area contributed by atoms with Crippen LogP contribution in [0.3, 0.4) is 0 Å². The number of ether oxygens (including phenoxy) is 2. The highest BCUT2D eigenvalue weighted by Crippen LogP contribution is 2.35. The molecule has 1 fully saturated rings. The first-order chi connectivity index (χ1) is 15.5. The summed E-state index contributed by atoms with van der Waals surface area (Å²) >= 11 is 1.31. The van der Waals surface area contributed by atoms with Gasteiger partial charge in [0.25, 0.3) is 0 Å². The van der Waals surface area contributed by atoms with E-state index < -0.39 is 0 Å². The zero-order valence-electron chi connectivity index (χ0n) is 18.1. The normalized spacial score (nSPS) is 15.7. The Morgan fingerprint density at radius 3 is 2.69 bits per heavy atom. The van der Waals surface area contributed by atoms with Crippen molar-refractivity contribution in [3.8, 4) is 11.5 Å². The molecule has 1 unspecified atom stereocenters. The van der Waals surface area contributed by atoms with Crippen LogP contribution in [0.25, 0.3) is 0 Å². The fourth-order valence-corrected chi connectivity index (χ4v) is 4.61. The van der Waals surface area contributed by atoms with E-state index in [1.165, 1.54) is 11.3 Å². The van der Waals surface area contributed by atoms with Gasteiger partial charge in [-0.05, 0) is 36.2 Å². The van der Waals surface area contributed by atoms with Crippen LogP contribution in [0, 0.1) is 6.92 Å². The first-order valence-corrected chi connectivity index (χ1v) is 11.0. The highest BCUT2D eigenvalue weighted by atomic mass is 32.1. The van der Waals surface area contributed by atoms with Crippen molar-refractivity contribution in [2.75, 3.05) is 31.0 Å². The molecule has 0 radical (unpaired) electrons. The number of amides is 2. The fourth-order valence-electron chi connectivity index (χ4n) is 3.76. The summed E-state index contributed by atoms with van der Waals surface area (Å²) in [4.78, 5) is 26.9. The number of aromatic nitrogens is 2. The number of hydrogen-bond acceptors (Lipinski definition) is 7. The summed E-state index contributed by atoms with van der Waals surface area (Å²) in [5, 5.41) is 12.3. The number of aryl methyl sites for hydroxylation is 1. The number of anilines is 2. The minimum atomic E-state index is -0.205. The number of carbonyl (C=O) groups excluding carboxylic acids is 2. The van der Waals surface area contributed by atoms with Crippen molar-refractivity contribution >= 4 is 34.0 Å². The number of benzene rings is 2. The van der Waals surface area contributed by atoms with Crippen LogP contribution >= 0.6 is 11.3 Å². The Morgan fingerprint density at radius 2 is 1.94 bits per heavy atom. The van der Waals surface area contributed by atoms with Crippen molar-refractivity contribution in [2.24, 2.45) is 0 Å². The summed E-state index contributed by atoms with van der Waals surface area (Å²) in [7, 11) is 3.12. The summed E-state index contributed by atoms with van der Waals surface area (Å²) in [6.45, 7) is 2.55. The van der Waals surface area contributed by atoms with Crippen LogP contribution in [0.2, 0.25) is 0 Å². The molecule has 3 aromatic rings. The number of rotatable bonds is 7. The summed E-state index contributed by atoms with van der Waals surface area (Å²) in [5.41, 5.74) is 2.77. The molecule has 8 nitrogen and oxygen atoms in total. The van der Waals surface area contributed by atoms with Crippen LogP contribution in [0.4, 0.5) is 10.8 Å². The zero-order chi connectivity index (χ0) is 22.7. The minimum Gasteiger partial charge on any atom is -0.493 e. The largest absolute Gasteiger partial charge is 0.493 e. The molecule has 0 bridgehead atoms. The molecule has 1 aromatic heterocycles. The Bertz CT molecular complexity index is 1150. The molecular weight excluding hydrogens is 428 g/mol. The molecule has 2 heterocycles. The molecule has 0 aliphatic carbocycles. The highest BCUT2D eigenvalue weighted by molar-refractivity contribution is 7.15.